The Morgan fingerprint density at radius 1 is 1.47 bits per heavy atom. The summed E-state index contributed by atoms with van der Waals surface area (Å²) in [5, 5.41) is 10.5. The van der Waals surface area contributed by atoms with Crippen molar-refractivity contribution in [2.45, 2.75) is 6.18 Å². The molecule has 0 N–H and O–H groups in total. The molecule has 0 bridgehead atoms. The molecule has 0 aliphatic carbocycles. The monoisotopic (exact) mass is 282 g/mol. The van der Waals surface area contributed by atoms with Gasteiger partial charge in [0.15, 0.2) is 5.56 Å². The largest absolute Gasteiger partial charge is 0.424 e. The Hall–Kier alpha value is -1.41. The highest BCUT2D eigenvalue weighted by Gasteiger charge is 2.41. The minimum Gasteiger partial charge on any atom is -0.258 e. The van der Waals surface area contributed by atoms with E-state index in [4.69, 9.17) is 11.6 Å². The van der Waals surface area contributed by atoms with Gasteiger partial charge in [0.05, 0.1) is 20.2 Å². The second-order valence-corrected chi connectivity index (χ2v) is 4.30. The topological polar surface area (TPSA) is 56.0 Å². The second-order valence-electron chi connectivity index (χ2n) is 3.04. The predicted molar refractivity (Wildman–Crippen MR) is 56.3 cm³/mol. The third-order valence-electron chi connectivity index (χ3n) is 2.02. The summed E-state index contributed by atoms with van der Waals surface area (Å²) < 4.78 is 38.0. The number of hydrogen-bond donors (Lipinski definition) is 0. The van der Waals surface area contributed by atoms with E-state index < -0.39 is 22.4 Å². The molecule has 0 unspecified atom stereocenters. The fourth-order valence-electron chi connectivity index (χ4n) is 1.39. The summed E-state index contributed by atoms with van der Waals surface area (Å²) in [6, 6.07) is 0.673. The molecule has 9 heteroatoms. The Kier molecular flexibility index (Phi) is 2.70. The van der Waals surface area contributed by atoms with Crippen LogP contribution in [0.25, 0.3) is 10.2 Å². The minimum absolute atomic E-state index is 0.0745. The van der Waals surface area contributed by atoms with Crippen molar-refractivity contribution in [2.24, 2.45) is 0 Å². The number of alkyl halides is 3. The summed E-state index contributed by atoms with van der Waals surface area (Å²) in [5.41, 5.74) is -1.27. The molecule has 0 atom stereocenters. The number of fused-ring (bicyclic) bond motifs is 1. The van der Waals surface area contributed by atoms with E-state index in [1.807, 2.05) is 0 Å². The summed E-state index contributed by atoms with van der Waals surface area (Å²) in [6.07, 6.45) is -4.82. The molecule has 0 amide bonds. The van der Waals surface area contributed by atoms with Crippen LogP contribution in [0, 0.1) is 10.1 Å². The number of rotatable bonds is 1. The molecule has 0 saturated carbocycles. The van der Waals surface area contributed by atoms with Gasteiger partial charge in [-0.25, -0.2) is 4.98 Å². The van der Waals surface area contributed by atoms with E-state index in [-0.39, 0.29) is 15.2 Å². The number of benzene rings is 1. The Balaban J connectivity index is 2.94. The molecule has 17 heavy (non-hydrogen) atoms. The first kappa shape index (κ1) is 12.1. The van der Waals surface area contributed by atoms with Gasteiger partial charge in [0.25, 0.3) is 5.69 Å². The molecule has 0 spiro atoms. The van der Waals surface area contributed by atoms with Crippen molar-refractivity contribution in [1.82, 2.24) is 4.98 Å². The molecule has 0 saturated heterocycles. The normalized spacial score (nSPS) is 12.0. The van der Waals surface area contributed by atoms with E-state index in [1.54, 1.807) is 0 Å². The molecule has 1 heterocycles. The number of halogens is 4. The maximum absolute atomic E-state index is 12.8. The SMILES string of the molecule is O=[N+]([O-])c1cc(Cl)c2ncsc2c1C(F)(F)F. The van der Waals surface area contributed by atoms with Gasteiger partial charge in [0.2, 0.25) is 0 Å². The zero-order valence-electron chi connectivity index (χ0n) is 7.79. The number of nitrogens with zero attached hydrogens (tertiary/aromatic N) is 2. The van der Waals surface area contributed by atoms with Crippen LogP contribution in [0.5, 0.6) is 0 Å². The van der Waals surface area contributed by atoms with Gasteiger partial charge >= 0.3 is 6.18 Å². The standard InChI is InChI=1S/C8H2ClF3N2O2S/c9-3-1-4(14(15)16)5(8(10,11)12)7-6(3)13-2-17-7/h1-2H. The van der Waals surface area contributed by atoms with E-state index >= 15 is 0 Å². The third kappa shape index (κ3) is 1.93. The van der Waals surface area contributed by atoms with E-state index in [2.05, 4.69) is 4.98 Å². The number of thiazole rings is 1. The quantitative estimate of drug-likeness (QED) is 0.589. The van der Waals surface area contributed by atoms with E-state index in [0.29, 0.717) is 17.4 Å². The second kappa shape index (κ2) is 3.81. The maximum Gasteiger partial charge on any atom is 0.424 e. The summed E-state index contributed by atoms with van der Waals surface area (Å²) in [7, 11) is 0. The lowest BCUT2D eigenvalue weighted by Gasteiger charge is -2.08. The fraction of sp³-hybridized carbons (Fsp3) is 0.125. The van der Waals surface area contributed by atoms with E-state index in [0.717, 1.165) is 5.51 Å². The number of nitro benzene ring substituents is 1. The molecule has 0 aliphatic rings. The molecule has 2 rings (SSSR count). The summed E-state index contributed by atoms with van der Waals surface area (Å²) in [6.45, 7) is 0. The Morgan fingerprint density at radius 3 is 2.65 bits per heavy atom. The number of hydrogen-bond acceptors (Lipinski definition) is 4. The smallest absolute Gasteiger partial charge is 0.258 e. The fourth-order valence-corrected chi connectivity index (χ4v) is 2.57. The lowest BCUT2D eigenvalue weighted by atomic mass is 10.1. The third-order valence-corrected chi connectivity index (χ3v) is 3.15. The Bertz CT molecular complexity index is 611. The van der Waals surface area contributed by atoms with Gasteiger partial charge in [-0.3, -0.25) is 10.1 Å². The van der Waals surface area contributed by atoms with Gasteiger partial charge in [-0.2, -0.15) is 13.2 Å². The lowest BCUT2D eigenvalue weighted by Crippen LogP contribution is -2.09. The van der Waals surface area contributed by atoms with Crippen LogP contribution >= 0.6 is 22.9 Å². The summed E-state index contributed by atoms with van der Waals surface area (Å²) in [4.78, 5) is 13.2. The first-order valence-electron chi connectivity index (χ1n) is 4.09. The Morgan fingerprint density at radius 2 is 2.12 bits per heavy atom. The van der Waals surface area contributed by atoms with Crippen molar-refractivity contribution in [3.8, 4) is 0 Å². The zero-order chi connectivity index (χ0) is 12.8. The first-order valence-corrected chi connectivity index (χ1v) is 5.35. The van der Waals surface area contributed by atoms with Crippen molar-refractivity contribution >= 4 is 38.8 Å². The molecule has 0 aliphatic heterocycles. The first-order chi connectivity index (χ1) is 7.82. The summed E-state index contributed by atoms with van der Waals surface area (Å²) >= 11 is 6.31. The molecule has 0 radical (unpaired) electrons. The van der Waals surface area contributed by atoms with Crippen molar-refractivity contribution in [3.05, 3.63) is 32.3 Å². The summed E-state index contributed by atoms with van der Waals surface area (Å²) in [5.74, 6) is 0. The van der Waals surface area contributed by atoms with E-state index in [9.17, 15) is 23.3 Å². The van der Waals surface area contributed by atoms with Crippen LogP contribution in [0.2, 0.25) is 5.02 Å². The predicted octanol–water partition coefficient (Wildman–Crippen LogP) is 3.88. The van der Waals surface area contributed by atoms with Crippen LogP contribution in [-0.4, -0.2) is 9.91 Å². The molecule has 0 fully saturated rings. The molecule has 2 aromatic rings. The highest BCUT2D eigenvalue weighted by molar-refractivity contribution is 7.17. The van der Waals surface area contributed by atoms with Crippen molar-refractivity contribution < 1.29 is 18.1 Å². The van der Waals surface area contributed by atoms with Crippen molar-refractivity contribution in [3.63, 3.8) is 0 Å². The van der Waals surface area contributed by atoms with Crippen LogP contribution < -0.4 is 0 Å². The van der Waals surface area contributed by atoms with Gasteiger partial charge in [0.1, 0.15) is 5.52 Å². The van der Waals surface area contributed by atoms with Gasteiger partial charge in [-0.05, 0) is 0 Å². The van der Waals surface area contributed by atoms with Crippen LogP contribution in [0.3, 0.4) is 0 Å². The molecule has 1 aromatic carbocycles. The average Bonchev–Trinajstić information content (AvgIpc) is 2.63. The Labute approximate surface area is 101 Å². The molecule has 4 nitrogen and oxygen atoms in total. The van der Waals surface area contributed by atoms with Gasteiger partial charge in [0, 0.05) is 6.07 Å². The van der Waals surface area contributed by atoms with Crippen molar-refractivity contribution in [2.75, 3.05) is 0 Å². The van der Waals surface area contributed by atoms with Crippen LogP contribution in [0.15, 0.2) is 11.6 Å². The highest BCUT2D eigenvalue weighted by atomic mass is 35.5. The minimum atomic E-state index is -4.82. The van der Waals surface area contributed by atoms with E-state index in [1.165, 1.54) is 0 Å². The van der Waals surface area contributed by atoms with Gasteiger partial charge in [-0.15, -0.1) is 11.3 Å². The maximum atomic E-state index is 12.8. The average molecular weight is 283 g/mol. The molecular formula is C8H2ClF3N2O2S. The van der Waals surface area contributed by atoms with Gasteiger partial charge < -0.3 is 0 Å². The van der Waals surface area contributed by atoms with Crippen LogP contribution in [0.4, 0.5) is 18.9 Å². The van der Waals surface area contributed by atoms with Crippen LogP contribution in [0.1, 0.15) is 5.56 Å². The molecule has 90 valence electrons. The highest BCUT2D eigenvalue weighted by Crippen LogP contribution is 2.44. The van der Waals surface area contributed by atoms with Crippen LogP contribution in [-0.2, 0) is 6.18 Å². The lowest BCUT2D eigenvalue weighted by molar-refractivity contribution is -0.387. The molecular weight excluding hydrogens is 281 g/mol. The van der Waals surface area contributed by atoms with Gasteiger partial charge in [-0.1, -0.05) is 11.6 Å². The number of aromatic nitrogens is 1. The number of nitro groups is 1. The van der Waals surface area contributed by atoms with Crippen molar-refractivity contribution in [1.29, 1.82) is 0 Å². The molecule has 1 aromatic heterocycles. The zero-order valence-corrected chi connectivity index (χ0v) is 9.36.